The fourth-order valence-electron chi connectivity index (χ4n) is 4.51. The van der Waals surface area contributed by atoms with Crippen molar-refractivity contribution in [2.45, 2.75) is 57.0 Å². The summed E-state index contributed by atoms with van der Waals surface area (Å²) >= 11 is 0. The molecular weight excluding hydrogens is 694 g/mol. The number of carbonyl (C=O) groups excluding carboxylic acids is 5. The van der Waals surface area contributed by atoms with Crippen molar-refractivity contribution in [2.75, 3.05) is 38.7 Å². The molecule has 6 N–H and O–H groups in total. The number of aliphatic hydroxyl groups excluding tert-OH is 2. The third kappa shape index (κ3) is 12.7. The number of aliphatic hydroxyl groups is 2. The minimum Gasteiger partial charge on any atom is -0.491 e. The van der Waals surface area contributed by atoms with Crippen molar-refractivity contribution in [3.05, 3.63) is 35.9 Å². The van der Waals surface area contributed by atoms with Gasteiger partial charge in [0.25, 0.3) is 21.9 Å². The number of imide groups is 1. The quantitative estimate of drug-likeness (QED) is 0.0364. The number of carboxylic acids is 1. The minimum atomic E-state index is -4.70. The van der Waals surface area contributed by atoms with E-state index in [4.69, 9.17) is 23.7 Å². The van der Waals surface area contributed by atoms with Crippen molar-refractivity contribution in [2.24, 2.45) is 0 Å². The van der Waals surface area contributed by atoms with Crippen molar-refractivity contribution in [3.8, 4) is 11.5 Å². The molecule has 4 amide bonds. The van der Waals surface area contributed by atoms with Crippen LogP contribution >= 0.6 is 0 Å². The van der Waals surface area contributed by atoms with Gasteiger partial charge in [-0.2, -0.15) is 8.42 Å². The van der Waals surface area contributed by atoms with Gasteiger partial charge in [-0.1, -0.05) is 0 Å². The molecule has 1 fully saturated rings. The van der Waals surface area contributed by atoms with Crippen molar-refractivity contribution in [3.63, 3.8) is 0 Å². The highest BCUT2D eigenvalue weighted by molar-refractivity contribution is 7.85. The van der Waals surface area contributed by atoms with Crippen LogP contribution in [0.3, 0.4) is 0 Å². The van der Waals surface area contributed by atoms with Crippen LogP contribution in [0.25, 0.3) is 0 Å². The van der Waals surface area contributed by atoms with E-state index in [0.717, 1.165) is 17.1 Å². The van der Waals surface area contributed by atoms with E-state index in [1.165, 1.54) is 25.1 Å². The van der Waals surface area contributed by atoms with E-state index in [-0.39, 0.29) is 57.4 Å². The molecule has 2 aliphatic heterocycles. The summed E-state index contributed by atoms with van der Waals surface area (Å²) in [6.07, 6.45) is -4.81. The number of carboxylic acid groups (broad SMARTS) is 1. The monoisotopic (exact) mass is 731 g/mol. The summed E-state index contributed by atoms with van der Waals surface area (Å²) in [7, 11) is -4.70. The van der Waals surface area contributed by atoms with Crippen molar-refractivity contribution in [1.82, 2.24) is 15.5 Å². The topological polar surface area (TPSA) is 291 Å². The van der Waals surface area contributed by atoms with Crippen molar-refractivity contribution >= 4 is 45.7 Å². The molecule has 1 saturated heterocycles. The lowest BCUT2D eigenvalue weighted by Gasteiger charge is -2.35. The minimum absolute atomic E-state index is 0.00858. The Morgan fingerprint density at radius 2 is 1.78 bits per heavy atom. The van der Waals surface area contributed by atoms with Gasteiger partial charge in [0, 0.05) is 56.6 Å². The smallest absolute Gasteiger partial charge is 0.335 e. The molecule has 0 saturated carbocycles. The number of benzene rings is 1. The largest absolute Gasteiger partial charge is 0.491 e. The number of amides is 4. The maximum absolute atomic E-state index is 12.6. The normalized spacial score (nSPS) is 21.0. The first kappa shape index (κ1) is 39.8. The Labute approximate surface area is 285 Å². The zero-order valence-electron chi connectivity index (χ0n) is 26.6. The van der Waals surface area contributed by atoms with Gasteiger partial charge in [-0.15, -0.1) is 0 Å². The molecule has 0 bridgehead atoms. The molecule has 50 heavy (non-hydrogen) atoms. The lowest BCUT2D eigenvalue weighted by molar-refractivity contribution is -0.228. The summed E-state index contributed by atoms with van der Waals surface area (Å²) in [6, 6.07) is 2.74. The Balaban J connectivity index is 1.47. The van der Waals surface area contributed by atoms with Crippen molar-refractivity contribution < 1.29 is 80.7 Å². The second kappa shape index (κ2) is 18.4. The zero-order chi connectivity index (χ0) is 37.0. The maximum Gasteiger partial charge on any atom is 0.335 e. The molecule has 0 aliphatic carbocycles. The van der Waals surface area contributed by atoms with Crippen LogP contribution in [0.2, 0.25) is 0 Å². The highest BCUT2D eigenvalue weighted by Gasteiger charge is 2.42. The summed E-state index contributed by atoms with van der Waals surface area (Å²) in [5, 5.41) is 33.8. The third-order valence-electron chi connectivity index (χ3n) is 6.94. The molecule has 20 nitrogen and oxygen atoms in total. The standard InChI is InChI=1S/C29H37N3O17S/c1-16(33)47-14-17-2-3-18(12-21(17)48-25-13-20(34)26(38)27(49-25)29(40)41)46-11-10-45-9-7-30-28(39)19(15-50(42,43)44)31-22(35)6-8-32-23(36)4-5-24(32)37/h2-5,12,19-20,25-27,34,38H,6-11,13-15H2,1H3,(H,30,39)(H,31,35)(H,40,41)(H,42,43,44)/t19-,20+,25+,26-,27-/m0/s1. The first-order chi connectivity index (χ1) is 23.5. The summed E-state index contributed by atoms with van der Waals surface area (Å²) in [4.78, 5) is 71.6. The van der Waals surface area contributed by atoms with Gasteiger partial charge in [0.1, 0.15) is 42.6 Å². The molecule has 0 unspecified atom stereocenters. The van der Waals surface area contributed by atoms with Gasteiger partial charge in [-0.05, 0) is 12.1 Å². The fraction of sp³-hybridized carbons (Fsp3) is 0.517. The van der Waals surface area contributed by atoms with Crippen LogP contribution in [-0.4, -0.2) is 138 Å². The number of rotatable bonds is 19. The number of carbonyl (C=O) groups is 6. The maximum atomic E-state index is 12.6. The number of nitrogens with one attached hydrogen (secondary N) is 2. The Morgan fingerprint density at radius 3 is 2.42 bits per heavy atom. The van der Waals surface area contributed by atoms with Gasteiger partial charge in [-0.25, -0.2) is 4.79 Å². The number of hydrogen-bond donors (Lipinski definition) is 6. The van der Waals surface area contributed by atoms with Crippen LogP contribution in [-0.2, 0) is 59.7 Å². The number of aliphatic carboxylic acids is 1. The summed E-state index contributed by atoms with van der Waals surface area (Å²) in [5.41, 5.74) is 0.355. The Morgan fingerprint density at radius 1 is 1.08 bits per heavy atom. The second-order valence-corrected chi connectivity index (χ2v) is 12.3. The highest BCUT2D eigenvalue weighted by atomic mass is 32.2. The lowest BCUT2D eigenvalue weighted by atomic mass is 10.0. The molecule has 0 aromatic heterocycles. The molecular formula is C29H37N3O17S. The number of hydrogen-bond acceptors (Lipinski definition) is 15. The van der Waals surface area contributed by atoms with Crippen LogP contribution in [0.15, 0.2) is 30.4 Å². The molecule has 276 valence electrons. The third-order valence-corrected chi connectivity index (χ3v) is 7.70. The van der Waals surface area contributed by atoms with Gasteiger partial charge < -0.3 is 49.6 Å². The first-order valence-electron chi connectivity index (χ1n) is 15.0. The van der Waals surface area contributed by atoms with Gasteiger partial charge in [-0.3, -0.25) is 33.4 Å². The number of nitrogens with zero attached hydrogens (tertiary/aromatic N) is 1. The molecule has 0 spiro atoms. The summed E-state index contributed by atoms with van der Waals surface area (Å²) < 4.78 is 59.1. The van der Waals surface area contributed by atoms with E-state index in [1.54, 1.807) is 0 Å². The Kier molecular flexibility index (Phi) is 14.6. The zero-order valence-corrected chi connectivity index (χ0v) is 27.4. The van der Waals surface area contributed by atoms with Crippen molar-refractivity contribution in [1.29, 1.82) is 0 Å². The first-order valence-corrected chi connectivity index (χ1v) is 16.6. The molecule has 0 radical (unpaired) electrons. The van der Waals surface area contributed by atoms with E-state index >= 15 is 0 Å². The predicted octanol–water partition coefficient (Wildman–Crippen LogP) is -2.75. The van der Waals surface area contributed by atoms with Crippen LogP contribution in [0, 0.1) is 0 Å². The molecule has 2 heterocycles. The van der Waals surface area contributed by atoms with Gasteiger partial charge >= 0.3 is 11.9 Å². The van der Waals surface area contributed by atoms with E-state index in [2.05, 4.69) is 10.6 Å². The predicted molar refractivity (Wildman–Crippen MR) is 164 cm³/mol. The lowest BCUT2D eigenvalue weighted by Crippen LogP contribution is -2.53. The van der Waals surface area contributed by atoms with Crippen LogP contribution in [0.5, 0.6) is 11.5 Å². The van der Waals surface area contributed by atoms with Crippen LogP contribution < -0.4 is 20.1 Å². The molecule has 3 rings (SSSR count). The summed E-state index contributed by atoms with van der Waals surface area (Å²) in [5.74, 6) is -5.96. The molecule has 21 heteroatoms. The average molecular weight is 732 g/mol. The van der Waals surface area contributed by atoms with E-state index in [0.29, 0.717) is 5.56 Å². The molecule has 1 aromatic carbocycles. The number of ether oxygens (including phenoxy) is 5. The SMILES string of the molecule is CC(=O)OCc1ccc(OCCOCCNC(=O)[C@H](CS(=O)(=O)O)NC(=O)CCN2C(=O)C=CC2=O)cc1O[C@H]1C[C@@H](O)[C@H](O)[C@@H](C(=O)O)O1. The number of esters is 1. The molecule has 1 aromatic rings. The second-order valence-electron chi connectivity index (χ2n) is 10.8. The average Bonchev–Trinajstić information content (AvgIpc) is 3.35. The van der Waals surface area contributed by atoms with Crippen LogP contribution in [0.4, 0.5) is 0 Å². The van der Waals surface area contributed by atoms with Crippen LogP contribution in [0.1, 0.15) is 25.3 Å². The van der Waals surface area contributed by atoms with Gasteiger partial charge in [0.2, 0.25) is 18.1 Å². The Hall–Kier alpha value is -4.67. The Bertz CT molecular complexity index is 1550. The highest BCUT2D eigenvalue weighted by Crippen LogP contribution is 2.30. The van der Waals surface area contributed by atoms with E-state index < -0.39 is 88.5 Å². The van der Waals surface area contributed by atoms with Gasteiger partial charge in [0.05, 0.1) is 19.3 Å². The summed E-state index contributed by atoms with van der Waals surface area (Å²) in [6.45, 7) is 0.420. The molecule has 2 aliphatic rings. The van der Waals surface area contributed by atoms with E-state index in [1.807, 2.05) is 0 Å². The fourth-order valence-corrected chi connectivity index (χ4v) is 5.16. The van der Waals surface area contributed by atoms with E-state index in [9.17, 15) is 57.1 Å². The molecule has 5 atom stereocenters. The van der Waals surface area contributed by atoms with Gasteiger partial charge in [0.15, 0.2) is 6.10 Å².